The minimum Gasteiger partial charge on any atom is -0.422 e. The van der Waals surface area contributed by atoms with Crippen molar-refractivity contribution in [2.24, 2.45) is 0 Å². The van der Waals surface area contributed by atoms with Gasteiger partial charge in [-0.1, -0.05) is 44.0 Å². The molecule has 0 saturated heterocycles. The lowest BCUT2D eigenvalue weighted by Gasteiger charge is -2.02. The minimum absolute atomic E-state index is 0.00365. The van der Waals surface area contributed by atoms with Crippen LogP contribution in [-0.4, -0.2) is 22.2 Å². The summed E-state index contributed by atoms with van der Waals surface area (Å²) < 4.78 is 5.09. The summed E-state index contributed by atoms with van der Waals surface area (Å²) in [7, 11) is 0. The Morgan fingerprint density at radius 2 is 1.74 bits per heavy atom. The van der Waals surface area contributed by atoms with E-state index >= 15 is 0 Å². The molecule has 0 amide bonds. The van der Waals surface area contributed by atoms with Crippen LogP contribution in [0.2, 0.25) is 0 Å². The first-order valence-corrected chi connectivity index (χ1v) is 7.57. The number of hydrogen-bond acceptors (Lipinski definition) is 4. The fourth-order valence-electron chi connectivity index (χ4n) is 1.63. The van der Waals surface area contributed by atoms with E-state index in [2.05, 4.69) is 31.9 Å². The van der Waals surface area contributed by atoms with Crippen molar-refractivity contribution in [3.63, 3.8) is 0 Å². The van der Waals surface area contributed by atoms with Gasteiger partial charge in [0, 0.05) is 10.9 Å². The van der Waals surface area contributed by atoms with Crippen LogP contribution in [0.4, 0.5) is 0 Å². The third-order valence-corrected chi connectivity index (χ3v) is 3.62. The molecule has 1 aromatic heterocycles. The molecule has 2 aromatic rings. The highest BCUT2D eigenvalue weighted by molar-refractivity contribution is 9.09. The van der Waals surface area contributed by atoms with E-state index in [1.807, 2.05) is 0 Å². The maximum Gasteiger partial charge on any atom is 0.347 e. The largest absolute Gasteiger partial charge is 0.422 e. The molecule has 0 spiro atoms. The number of hydrogen-bond donors (Lipinski definition) is 0. The number of fused-ring (bicyclic) bond motifs is 1. The Morgan fingerprint density at radius 1 is 1.05 bits per heavy atom. The number of alkyl halides is 2. The third kappa shape index (κ3) is 2.84. The van der Waals surface area contributed by atoms with E-state index in [1.165, 1.54) is 12.1 Å². The Hall–Kier alpha value is -1.27. The number of benzene rings is 1. The van der Waals surface area contributed by atoms with Crippen molar-refractivity contribution in [2.75, 3.05) is 10.7 Å². The highest BCUT2D eigenvalue weighted by atomic mass is 79.9. The average molecular weight is 388 g/mol. The Labute approximate surface area is 125 Å². The van der Waals surface area contributed by atoms with Gasteiger partial charge in [0.15, 0.2) is 11.6 Å². The Kier molecular flexibility index (Phi) is 4.31. The number of rotatable bonds is 4. The Morgan fingerprint density at radius 3 is 2.37 bits per heavy atom. The zero-order chi connectivity index (χ0) is 14.0. The third-order valence-electron chi connectivity index (χ3n) is 2.60. The SMILES string of the molecule is O=C(CBr)c1ccc2cc(C(=O)CBr)c(=O)oc2c1. The predicted molar refractivity (Wildman–Crippen MR) is 78.7 cm³/mol. The standard InChI is InChI=1S/C13H8Br2O4/c14-5-10(16)7-1-2-8-3-9(11(17)6-15)13(18)19-12(8)4-7/h1-4H,5-6H2. The second kappa shape index (κ2) is 5.79. The van der Waals surface area contributed by atoms with E-state index in [4.69, 9.17) is 4.42 Å². The number of halogens is 2. The highest BCUT2D eigenvalue weighted by Gasteiger charge is 2.13. The number of Topliss-reactive ketones (excluding diaryl/α,β-unsaturated/α-hetero) is 2. The van der Waals surface area contributed by atoms with Gasteiger partial charge < -0.3 is 4.42 Å². The number of carbonyl (C=O) groups is 2. The number of ketones is 2. The first-order valence-electron chi connectivity index (χ1n) is 5.33. The summed E-state index contributed by atoms with van der Waals surface area (Å²) in [5.74, 6) is -0.443. The van der Waals surface area contributed by atoms with E-state index in [9.17, 15) is 14.4 Å². The van der Waals surface area contributed by atoms with Crippen LogP contribution in [-0.2, 0) is 0 Å². The zero-order valence-electron chi connectivity index (χ0n) is 9.61. The van der Waals surface area contributed by atoms with Crippen LogP contribution >= 0.6 is 31.9 Å². The summed E-state index contributed by atoms with van der Waals surface area (Å²) in [6.07, 6.45) is 0. The fraction of sp³-hybridized carbons (Fsp3) is 0.154. The van der Waals surface area contributed by atoms with Gasteiger partial charge in [-0.05, 0) is 12.1 Å². The van der Waals surface area contributed by atoms with Crippen molar-refractivity contribution in [1.29, 1.82) is 0 Å². The Balaban J connectivity index is 2.61. The normalized spacial score (nSPS) is 10.6. The quantitative estimate of drug-likeness (QED) is 0.459. The summed E-state index contributed by atoms with van der Waals surface area (Å²) in [5, 5.41) is 0.863. The molecule has 1 heterocycles. The molecule has 2 rings (SSSR count). The van der Waals surface area contributed by atoms with Crippen molar-refractivity contribution in [3.05, 3.63) is 45.8 Å². The van der Waals surface area contributed by atoms with Gasteiger partial charge in [-0.3, -0.25) is 9.59 Å². The lowest BCUT2D eigenvalue weighted by atomic mass is 10.1. The molecule has 6 heteroatoms. The smallest absolute Gasteiger partial charge is 0.347 e. The van der Waals surface area contributed by atoms with Crippen molar-refractivity contribution in [1.82, 2.24) is 0 Å². The van der Waals surface area contributed by atoms with Crippen molar-refractivity contribution in [2.45, 2.75) is 0 Å². The van der Waals surface area contributed by atoms with E-state index in [0.29, 0.717) is 16.5 Å². The van der Waals surface area contributed by atoms with Gasteiger partial charge in [0.25, 0.3) is 0 Å². The second-order valence-electron chi connectivity index (χ2n) is 3.81. The summed E-state index contributed by atoms with van der Waals surface area (Å²) in [5.41, 5.74) is 0.0550. The second-order valence-corrected chi connectivity index (χ2v) is 4.94. The van der Waals surface area contributed by atoms with Crippen LogP contribution in [0, 0.1) is 0 Å². The van der Waals surface area contributed by atoms with Gasteiger partial charge in [0.2, 0.25) is 0 Å². The van der Waals surface area contributed by atoms with Crippen molar-refractivity contribution >= 4 is 54.4 Å². The lowest BCUT2D eigenvalue weighted by molar-refractivity contribution is 0.101. The molecule has 0 aliphatic carbocycles. The molecule has 0 fully saturated rings. The molecule has 0 atom stereocenters. The summed E-state index contributed by atoms with van der Waals surface area (Å²) >= 11 is 6.09. The molecule has 0 aliphatic rings. The van der Waals surface area contributed by atoms with Crippen LogP contribution in [0.15, 0.2) is 33.5 Å². The first-order chi connectivity index (χ1) is 9.06. The van der Waals surface area contributed by atoms with Crippen molar-refractivity contribution in [3.8, 4) is 0 Å². The molecule has 4 nitrogen and oxygen atoms in total. The number of carbonyl (C=O) groups excluding carboxylic acids is 2. The van der Waals surface area contributed by atoms with E-state index in [-0.39, 0.29) is 27.8 Å². The fourth-order valence-corrected chi connectivity index (χ4v) is 2.25. The van der Waals surface area contributed by atoms with Gasteiger partial charge in [0.1, 0.15) is 11.1 Å². The van der Waals surface area contributed by atoms with Crippen molar-refractivity contribution < 1.29 is 14.0 Å². The average Bonchev–Trinajstić information content (AvgIpc) is 2.44. The van der Waals surface area contributed by atoms with E-state index in [1.54, 1.807) is 12.1 Å². The van der Waals surface area contributed by atoms with Crippen LogP contribution < -0.4 is 5.63 Å². The van der Waals surface area contributed by atoms with Gasteiger partial charge >= 0.3 is 5.63 Å². The predicted octanol–water partition coefficient (Wildman–Crippen LogP) is 2.95. The van der Waals surface area contributed by atoms with E-state index < -0.39 is 5.63 Å². The molecule has 1 aromatic carbocycles. The van der Waals surface area contributed by atoms with Gasteiger partial charge in [0.05, 0.1) is 10.7 Å². The zero-order valence-corrected chi connectivity index (χ0v) is 12.8. The summed E-state index contributed by atoms with van der Waals surface area (Å²) in [4.78, 5) is 34.8. The molecule has 0 unspecified atom stereocenters. The highest BCUT2D eigenvalue weighted by Crippen LogP contribution is 2.17. The van der Waals surface area contributed by atoms with Crippen LogP contribution in [0.5, 0.6) is 0 Å². The molecule has 0 aliphatic heterocycles. The first kappa shape index (κ1) is 14.1. The maximum absolute atomic E-state index is 11.7. The summed E-state index contributed by atoms with van der Waals surface area (Å²) in [6, 6.07) is 6.27. The molecular weight excluding hydrogens is 380 g/mol. The monoisotopic (exact) mass is 386 g/mol. The Bertz CT molecular complexity index is 718. The van der Waals surface area contributed by atoms with Gasteiger partial charge in [-0.15, -0.1) is 0 Å². The topological polar surface area (TPSA) is 64.3 Å². The molecule has 19 heavy (non-hydrogen) atoms. The maximum atomic E-state index is 11.7. The van der Waals surface area contributed by atoms with Gasteiger partial charge in [-0.25, -0.2) is 4.79 Å². The molecule has 0 bridgehead atoms. The lowest BCUT2D eigenvalue weighted by Crippen LogP contribution is -2.14. The van der Waals surface area contributed by atoms with Crippen LogP contribution in [0.25, 0.3) is 11.0 Å². The van der Waals surface area contributed by atoms with E-state index in [0.717, 1.165) is 0 Å². The molecular formula is C13H8Br2O4. The molecule has 0 N–H and O–H groups in total. The minimum atomic E-state index is -0.694. The van der Waals surface area contributed by atoms with Crippen LogP contribution in [0.3, 0.4) is 0 Å². The molecule has 0 radical (unpaired) electrons. The van der Waals surface area contributed by atoms with Crippen LogP contribution in [0.1, 0.15) is 20.7 Å². The summed E-state index contributed by atoms with van der Waals surface area (Å²) in [6.45, 7) is 0. The molecule has 0 saturated carbocycles. The van der Waals surface area contributed by atoms with Gasteiger partial charge in [-0.2, -0.15) is 0 Å². The molecule has 98 valence electrons.